The maximum Gasteiger partial charge on any atom is 0.148 e. The Hall–Kier alpha value is -1.07. The lowest BCUT2D eigenvalue weighted by molar-refractivity contribution is 0.195. The highest BCUT2D eigenvalue weighted by atomic mass is 19.1. The summed E-state index contributed by atoms with van der Waals surface area (Å²) in [4.78, 5) is 5.90. The summed E-state index contributed by atoms with van der Waals surface area (Å²) in [6.45, 7) is 5.14. The molecule has 0 spiro atoms. The van der Waals surface area contributed by atoms with Crippen LogP contribution in [0.4, 0.5) is 8.78 Å². The van der Waals surface area contributed by atoms with Crippen molar-refractivity contribution in [3.05, 3.63) is 29.6 Å². The van der Waals surface area contributed by atoms with E-state index in [1.807, 2.05) is 0 Å². The topological polar surface area (TPSA) is 28.2 Å². The number of nitrogens with zero attached hydrogens (tertiary/aromatic N) is 2. The Bertz CT molecular complexity index is 370. The van der Waals surface area contributed by atoms with Crippen molar-refractivity contribution in [2.24, 2.45) is 0 Å². The van der Waals surface area contributed by atoms with Crippen LogP contribution in [0.5, 0.6) is 0 Å². The van der Waals surface area contributed by atoms with E-state index in [1.54, 1.807) is 0 Å². The van der Waals surface area contributed by atoms with Crippen LogP contribution in [-0.2, 0) is 6.54 Å². The van der Waals surface area contributed by atoms with Gasteiger partial charge in [0.05, 0.1) is 11.9 Å². The van der Waals surface area contributed by atoms with Crippen molar-refractivity contribution in [2.45, 2.75) is 19.5 Å². The number of hydrogen-bond acceptors (Lipinski definition) is 3. The van der Waals surface area contributed by atoms with Crippen LogP contribution in [-0.4, -0.2) is 35.6 Å². The zero-order valence-corrected chi connectivity index (χ0v) is 9.21. The van der Waals surface area contributed by atoms with Gasteiger partial charge in [0.25, 0.3) is 0 Å². The minimum Gasteiger partial charge on any atom is -0.312 e. The molecule has 16 heavy (non-hydrogen) atoms. The number of hydrogen-bond donors (Lipinski definition) is 1. The molecule has 1 fully saturated rings. The van der Waals surface area contributed by atoms with Crippen LogP contribution in [0.3, 0.4) is 0 Å². The molecule has 1 aromatic rings. The Balaban J connectivity index is 2.02. The molecule has 0 saturated carbocycles. The fraction of sp³-hybridized carbons (Fsp3) is 0.545. The molecule has 1 aliphatic rings. The van der Waals surface area contributed by atoms with E-state index in [1.165, 1.54) is 0 Å². The highest BCUT2D eigenvalue weighted by Gasteiger charge is 2.17. The van der Waals surface area contributed by atoms with E-state index in [4.69, 9.17) is 0 Å². The molecule has 1 N–H and O–H groups in total. The van der Waals surface area contributed by atoms with E-state index in [2.05, 4.69) is 22.1 Å². The van der Waals surface area contributed by atoms with Gasteiger partial charge in [0.15, 0.2) is 0 Å². The second-order valence-corrected chi connectivity index (χ2v) is 4.17. The van der Waals surface area contributed by atoms with Crippen molar-refractivity contribution in [1.29, 1.82) is 0 Å². The van der Waals surface area contributed by atoms with Crippen molar-refractivity contribution in [1.82, 2.24) is 15.2 Å². The van der Waals surface area contributed by atoms with Crippen LogP contribution in [0.2, 0.25) is 0 Å². The van der Waals surface area contributed by atoms with Gasteiger partial charge in [0.2, 0.25) is 0 Å². The molecule has 1 atom stereocenters. The van der Waals surface area contributed by atoms with Crippen molar-refractivity contribution in [2.75, 3.05) is 19.6 Å². The summed E-state index contributed by atoms with van der Waals surface area (Å²) in [6.07, 6.45) is 1.06. The quantitative estimate of drug-likeness (QED) is 0.821. The van der Waals surface area contributed by atoms with Gasteiger partial charge in [-0.2, -0.15) is 0 Å². The first-order valence-electron chi connectivity index (χ1n) is 5.41. The van der Waals surface area contributed by atoms with E-state index in [-0.39, 0.29) is 0 Å². The highest BCUT2D eigenvalue weighted by molar-refractivity contribution is 5.08. The highest BCUT2D eigenvalue weighted by Crippen LogP contribution is 2.10. The zero-order chi connectivity index (χ0) is 11.5. The standard InChI is InChI=1S/C11H15F2N3/c1-8-6-16(3-2-14-8)7-11-10(13)4-9(12)5-15-11/h4-5,8,14H,2-3,6-7H2,1H3/t8-/m1/s1. The number of piperazine rings is 1. The van der Waals surface area contributed by atoms with Crippen LogP contribution < -0.4 is 5.32 Å². The lowest BCUT2D eigenvalue weighted by Crippen LogP contribution is -2.48. The van der Waals surface area contributed by atoms with Gasteiger partial charge in [-0.05, 0) is 6.92 Å². The Morgan fingerprint density at radius 2 is 2.38 bits per heavy atom. The molecule has 88 valence electrons. The average molecular weight is 227 g/mol. The third-order valence-corrected chi connectivity index (χ3v) is 2.71. The minimum atomic E-state index is -0.630. The van der Waals surface area contributed by atoms with E-state index >= 15 is 0 Å². The van der Waals surface area contributed by atoms with Gasteiger partial charge >= 0.3 is 0 Å². The summed E-state index contributed by atoms with van der Waals surface area (Å²) in [5, 5.41) is 3.31. The minimum absolute atomic E-state index is 0.315. The average Bonchev–Trinajstić information content (AvgIpc) is 2.22. The van der Waals surface area contributed by atoms with Gasteiger partial charge in [-0.3, -0.25) is 9.88 Å². The monoisotopic (exact) mass is 227 g/mol. The maximum absolute atomic E-state index is 13.4. The lowest BCUT2D eigenvalue weighted by Gasteiger charge is -2.31. The van der Waals surface area contributed by atoms with Crippen LogP contribution in [0, 0.1) is 11.6 Å². The zero-order valence-electron chi connectivity index (χ0n) is 9.21. The summed E-state index contributed by atoms with van der Waals surface area (Å²) in [7, 11) is 0. The first-order chi connectivity index (χ1) is 7.65. The number of rotatable bonds is 2. The van der Waals surface area contributed by atoms with Gasteiger partial charge in [0.1, 0.15) is 11.6 Å². The Morgan fingerprint density at radius 1 is 1.56 bits per heavy atom. The Labute approximate surface area is 93.5 Å². The second kappa shape index (κ2) is 4.84. The molecule has 1 aromatic heterocycles. The number of halogens is 2. The molecule has 0 radical (unpaired) electrons. The van der Waals surface area contributed by atoms with Crippen LogP contribution in [0.25, 0.3) is 0 Å². The SMILES string of the molecule is C[C@@H]1CN(Cc2ncc(F)cc2F)CCN1. The van der Waals surface area contributed by atoms with Gasteiger partial charge in [-0.15, -0.1) is 0 Å². The summed E-state index contributed by atoms with van der Waals surface area (Å²) >= 11 is 0. The third kappa shape index (κ3) is 2.74. The number of nitrogens with one attached hydrogen (secondary N) is 1. The largest absolute Gasteiger partial charge is 0.312 e. The summed E-state index contributed by atoms with van der Waals surface area (Å²) < 4.78 is 26.0. The normalized spacial score (nSPS) is 22.3. The number of aromatic nitrogens is 1. The first-order valence-corrected chi connectivity index (χ1v) is 5.41. The van der Waals surface area contributed by atoms with Gasteiger partial charge in [0, 0.05) is 38.3 Å². The van der Waals surface area contributed by atoms with Gasteiger partial charge in [-0.25, -0.2) is 8.78 Å². The fourth-order valence-corrected chi connectivity index (χ4v) is 1.93. The van der Waals surface area contributed by atoms with Crippen molar-refractivity contribution < 1.29 is 8.78 Å². The Kier molecular flexibility index (Phi) is 3.46. The molecular formula is C11H15F2N3. The summed E-state index contributed by atoms with van der Waals surface area (Å²) in [6, 6.07) is 1.28. The molecule has 0 aromatic carbocycles. The molecule has 0 unspecified atom stereocenters. The molecule has 0 amide bonds. The Morgan fingerprint density at radius 3 is 3.06 bits per heavy atom. The van der Waals surface area contributed by atoms with E-state index in [0.29, 0.717) is 18.3 Å². The van der Waals surface area contributed by atoms with Crippen molar-refractivity contribution in [3.63, 3.8) is 0 Å². The van der Waals surface area contributed by atoms with Crippen LogP contribution in [0.1, 0.15) is 12.6 Å². The molecule has 3 nitrogen and oxygen atoms in total. The van der Waals surface area contributed by atoms with E-state index < -0.39 is 11.6 Å². The molecule has 1 aliphatic heterocycles. The lowest BCUT2D eigenvalue weighted by atomic mass is 10.2. The fourth-order valence-electron chi connectivity index (χ4n) is 1.93. The van der Waals surface area contributed by atoms with Crippen molar-refractivity contribution >= 4 is 0 Å². The summed E-state index contributed by atoms with van der Waals surface area (Å²) in [5.41, 5.74) is 0.315. The van der Waals surface area contributed by atoms with E-state index in [9.17, 15) is 8.78 Å². The maximum atomic E-state index is 13.4. The first kappa shape index (κ1) is 11.4. The van der Waals surface area contributed by atoms with Gasteiger partial charge < -0.3 is 5.32 Å². The second-order valence-electron chi connectivity index (χ2n) is 4.17. The van der Waals surface area contributed by atoms with Crippen LogP contribution in [0.15, 0.2) is 12.3 Å². The van der Waals surface area contributed by atoms with Crippen molar-refractivity contribution in [3.8, 4) is 0 Å². The summed E-state index contributed by atoms with van der Waals surface area (Å²) in [5.74, 6) is -1.19. The molecule has 2 heterocycles. The molecular weight excluding hydrogens is 212 g/mol. The van der Waals surface area contributed by atoms with Gasteiger partial charge in [-0.1, -0.05) is 0 Å². The third-order valence-electron chi connectivity index (χ3n) is 2.71. The molecule has 5 heteroatoms. The van der Waals surface area contributed by atoms with E-state index in [0.717, 1.165) is 31.9 Å². The smallest absolute Gasteiger partial charge is 0.148 e. The predicted octanol–water partition coefficient (Wildman–Crippen LogP) is 1.15. The van der Waals surface area contributed by atoms with Crippen LogP contribution >= 0.6 is 0 Å². The molecule has 2 rings (SSSR count). The predicted molar refractivity (Wildman–Crippen MR) is 56.9 cm³/mol. The molecule has 0 bridgehead atoms. The molecule has 1 saturated heterocycles. The molecule has 0 aliphatic carbocycles. The number of pyridine rings is 1.